The van der Waals surface area contributed by atoms with Crippen molar-refractivity contribution in [3.8, 4) is 0 Å². The van der Waals surface area contributed by atoms with E-state index in [2.05, 4.69) is 0 Å². The highest BCUT2D eigenvalue weighted by molar-refractivity contribution is 6.27. The SMILES string of the molecule is O=CC(Cl)CCOC1CCCCC1. The number of rotatable bonds is 5. The second kappa shape index (κ2) is 6.39. The van der Waals surface area contributed by atoms with Gasteiger partial charge in [0.2, 0.25) is 0 Å². The molecule has 0 spiro atoms. The molecule has 1 atom stereocenters. The minimum absolute atomic E-state index is 0.372. The predicted octanol–water partition coefficient (Wildman–Crippen LogP) is 2.53. The Balaban J connectivity index is 2.01. The maximum Gasteiger partial charge on any atom is 0.137 e. The first-order chi connectivity index (χ1) is 6.33. The number of carbonyl (C=O) groups excluding carboxylic acids is 1. The largest absolute Gasteiger partial charge is 0.378 e. The normalized spacial score (nSPS) is 21.3. The summed E-state index contributed by atoms with van der Waals surface area (Å²) in [6, 6.07) is 0. The van der Waals surface area contributed by atoms with Crippen molar-refractivity contribution in [2.24, 2.45) is 0 Å². The molecule has 0 radical (unpaired) electrons. The molecule has 0 aliphatic heterocycles. The van der Waals surface area contributed by atoms with Crippen molar-refractivity contribution in [3.63, 3.8) is 0 Å². The molecule has 1 rings (SSSR count). The Bertz CT molecular complexity index is 144. The summed E-state index contributed by atoms with van der Waals surface area (Å²) in [6.07, 6.45) is 8.08. The first-order valence-corrected chi connectivity index (χ1v) is 5.47. The zero-order valence-corrected chi connectivity index (χ0v) is 8.63. The van der Waals surface area contributed by atoms with Crippen LogP contribution in [-0.2, 0) is 9.53 Å². The van der Waals surface area contributed by atoms with Gasteiger partial charge in [0.1, 0.15) is 6.29 Å². The van der Waals surface area contributed by atoms with E-state index >= 15 is 0 Å². The Morgan fingerprint density at radius 3 is 2.69 bits per heavy atom. The monoisotopic (exact) mass is 204 g/mol. The van der Waals surface area contributed by atoms with Crippen molar-refractivity contribution in [3.05, 3.63) is 0 Å². The molecule has 0 saturated heterocycles. The van der Waals surface area contributed by atoms with E-state index in [0.717, 1.165) is 6.29 Å². The van der Waals surface area contributed by atoms with Crippen LogP contribution in [0.5, 0.6) is 0 Å². The van der Waals surface area contributed by atoms with E-state index in [0.29, 0.717) is 19.1 Å². The van der Waals surface area contributed by atoms with E-state index < -0.39 is 0 Å². The van der Waals surface area contributed by atoms with Gasteiger partial charge in [0.25, 0.3) is 0 Å². The third-order valence-corrected chi connectivity index (χ3v) is 2.77. The number of hydrogen-bond acceptors (Lipinski definition) is 2. The van der Waals surface area contributed by atoms with Gasteiger partial charge in [-0.05, 0) is 19.3 Å². The Morgan fingerprint density at radius 2 is 2.08 bits per heavy atom. The summed E-state index contributed by atoms with van der Waals surface area (Å²) in [6.45, 7) is 0.623. The highest BCUT2D eigenvalue weighted by Gasteiger charge is 2.13. The first kappa shape index (κ1) is 11.0. The van der Waals surface area contributed by atoms with Crippen LogP contribution in [0.25, 0.3) is 0 Å². The van der Waals surface area contributed by atoms with Crippen LogP contribution >= 0.6 is 11.6 Å². The molecule has 0 amide bonds. The van der Waals surface area contributed by atoms with Gasteiger partial charge in [-0.1, -0.05) is 19.3 Å². The Hall–Kier alpha value is -0.0800. The maximum absolute atomic E-state index is 10.2. The quantitative estimate of drug-likeness (QED) is 0.508. The van der Waals surface area contributed by atoms with E-state index in [1.165, 1.54) is 32.1 Å². The number of halogens is 1. The molecular weight excluding hydrogens is 188 g/mol. The Morgan fingerprint density at radius 1 is 1.38 bits per heavy atom. The molecule has 0 aromatic rings. The summed E-state index contributed by atoms with van der Waals surface area (Å²) in [4.78, 5) is 10.2. The van der Waals surface area contributed by atoms with Crippen LogP contribution < -0.4 is 0 Å². The summed E-state index contributed by atoms with van der Waals surface area (Å²) < 4.78 is 5.61. The van der Waals surface area contributed by atoms with Crippen LogP contribution in [0.15, 0.2) is 0 Å². The number of alkyl halides is 1. The van der Waals surface area contributed by atoms with Gasteiger partial charge in [0.15, 0.2) is 0 Å². The second-order valence-corrected chi connectivity index (χ2v) is 4.13. The molecule has 0 heterocycles. The minimum Gasteiger partial charge on any atom is -0.378 e. The Kier molecular flexibility index (Phi) is 5.40. The molecule has 1 unspecified atom stereocenters. The molecule has 0 N–H and O–H groups in total. The summed E-state index contributed by atoms with van der Waals surface area (Å²) in [5, 5.41) is -0.372. The van der Waals surface area contributed by atoms with Crippen molar-refractivity contribution in [1.29, 1.82) is 0 Å². The summed E-state index contributed by atoms with van der Waals surface area (Å²) in [5.41, 5.74) is 0. The summed E-state index contributed by atoms with van der Waals surface area (Å²) >= 11 is 5.63. The topological polar surface area (TPSA) is 26.3 Å². The van der Waals surface area contributed by atoms with Crippen LogP contribution in [0.1, 0.15) is 38.5 Å². The van der Waals surface area contributed by atoms with E-state index in [1.807, 2.05) is 0 Å². The van der Waals surface area contributed by atoms with Crippen molar-refractivity contribution in [2.75, 3.05) is 6.61 Å². The molecular formula is C10H17ClO2. The zero-order valence-electron chi connectivity index (χ0n) is 7.88. The molecule has 1 aliphatic carbocycles. The summed E-state index contributed by atoms with van der Waals surface area (Å²) in [5.74, 6) is 0. The van der Waals surface area contributed by atoms with Gasteiger partial charge in [0, 0.05) is 6.61 Å². The average molecular weight is 205 g/mol. The van der Waals surface area contributed by atoms with E-state index in [4.69, 9.17) is 16.3 Å². The molecule has 76 valence electrons. The third kappa shape index (κ3) is 4.63. The van der Waals surface area contributed by atoms with Crippen LogP contribution in [0.3, 0.4) is 0 Å². The minimum atomic E-state index is -0.372. The highest BCUT2D eigenvalue weighted by atomic mass is 35.5. The van der Waals surface area contributed by atoms with Gasteiger partial charge in [-0.2, -0.15) is 0 Å². The van der Waals surface area contributed by atoms with Crippen LogP contribution in [0.4, 0.5) is 0 Å². The lowest BCUT2D eigenvalue weighted by atomic mass is 9.98. The number of carbonyl (C=O) groups is 1. The molecule has 0 aromatic carbocycles. The smallest absolute Gasteiger partial charge is 0.137 e. The third-order valence-electron chi connectivity index (χ3n) is 2.45. The fourth-order valence-electron chi connectivity index (χ4n) is 1.65. The van der Waals surface area contributed by atoms with Crippen molar-refractivity contribution >= 4 is 17.9 Å². The second-order valence-electron chi connectivity index (χ2n) is 3.57. The lowest BCUT2D eigenvalue weighted by Crippen LogP contribution is -2.18. The molecule has 0 aromatic heterocycles. The molecule has 3 heteroatoms. The standard InChI is InChI=1S/C10H17ClO2/c11-9(8-12)6-7-13-10-4-2-1-3-5-10/h8-10H,1-7H2. The van der Waals surface area contributed by atoms with Crippen molar-refractivity contribution in [1.82, 2.24) is 0 Å². The maximum atomic E-state index is 10.2. The fourth-order valence-corrected chi connectivity index (χ4v) is 1.74. The van der Waals surface area contributed by atoms with Crippen LogP contribution in [0.2, 0.25) is 0 Å². The summed E-state index contributed by atoms with van der Waals surface area (Å²) in [7, 11) is 0. The van der Waals surface area contributed by atoms with Gasteiger partial charge in [-0.25, -0.2) is 0 Å². The molecule has 0 bridgehead atoms. The molecule has 2 nitrogen and oxygen atoms in total. The van der Waals surface area contributed by atoms with Crippen LogP contribution in [0, 0.1) is 0 Å². The Labute approximate surface area is 84.6 Å². The number of ether oxygens (including phenoxy) is 1. The van der Waals surface area contributed by atoms with Gasteiger partial charge >= 0.3 is 0 Å². The molecule has 1 fully saturated rings. The predicted molar refractivity (Wildman–Crippen MR) is 53.1 cm³/mol. The fraction of sp³-hybridized carbons (Fsp3) is 0.900. The average Bonchev–Trinajstić information content (AvgIpc) is 2.19. The van der Waals surface area contributed by atoms with Crippen LogP contribution in [-0.4, -0.2) is 24.4 Å². The van der Waals surface area contributed by atoms with Crippen molar-refractivity contribution in [2.45, 2.75) is 50.0 Å². The zero-order chi connectivity index (χ0) is 9.52. The van der Waals surface area contributed by atoms with E-state index in [9.17, 15) is 4.79 Å². The number of hydrogen-bond donors (Lipinski definition) is 0. The van der Waals surface area contributed by atoms with Gasteiger partial charge < -0.3 is 9.53 Å². The highest BCUT2D eigenvalue weighted by Crippen LogP contribution is 2.20. The van der Waals surface area contributed by atoms with E-state index in [-0.39, 0.29) is 5.38 Å². The molecule has 1 aliphatic rings. The molecule has 13 heavy (non-hydrogen) atoms. The lowest BCUT2D eigenvalue weighted by Gasteiger charge is -2.22. The van der Waals surface area contributed by atoms with Gasteiger partial charge in [-0.3, -0.25) is 0 Å². The van der Waals surface area contributed by atoms with E-state index in [1.54, 1.807) is 0 Å². The van der Waals surface area contributed by atoms with Gasteiger partial charge in [-0.15, -0.1) is 11.6 Å². The lowest BCUT2D eigenvalue weighted by molar-refractivity contribution is -0.108. The number of aldehydes is 1. The first-order valence-electron chi connectivity index (χ1n) is 5.04. The van der Waals surface area contributed by atoms with Gasteiger partial charge in [0.05, 0.1) is 11.5 Å². The van der Waals surface area contributed by atoms with Crippen molar-refractivity contribution < 1.29 is 9.53 Å². The molecule has 1 saturated carbocycles.